The van der Waals surface area contributed by atoms with Crippen LogP contribution in [0.25, 0.3) is 0 Å². The summed E-state index contributed by atoms with van der Waals surface area (Å²) in [5.41, 5.74) is 2.13. The number of carboxylic acids is 1. The molecule has 0 aromatic heterocycles. The van der Waals surface area contributed by atoms with Crippen molar-refractivity contribution in [2.75, 3.05) is 6.61 Å². The quantitative estimate of drug-likeness (QED) is 0.814. The van der Waals surface area contributed by atoms with E-state index in [1.807, 2.05) is 32.0 Å². The third-order valence-corrected chi connectivity index (χ3v) is 3.44. The smallest absolute Gasteiger partial charge is 0.314 e. The molecule has 1 saturated carbocycles. The first-order valence-electron chi connectivity index (χ1n) is 5.43. The third kappa shape index (κ3) is 1.52. The molecule has 1 aliphatic rings. The van der Waals surface area contributed by atoms with Crippen LogP contribution in [0.5, 0.6) is 0 Å². The van der Waals surface area contributed by atoms with Crippen molar-refractivity contribution in [3.05, 3.63) is 34.9 Å². The Morgan fingerprint density at radius 1 is 1.38 bits per heavy atom. The van der Waals surface area contributed by atoms with E-state index in [2.05, 4.69) is 0 Å². The Labute approximate surface area is 94.7 Å². The summed E-state index contributed by atoms with van der Waals surface area (Å²) in [4.78, 5) is 11.4. The lowest BCUT2D eigenvalue weighted by Gasteiger charge is -2.14. The number of aliphatic hydroxyl groups is 1. The van der Waals surface area contributed by atoms with Crippen molar-refractivity contribution in [3.8, 4) is 0 Å². The average molecular weight is 220 g/mol. The molecule has 0 bridgehead atoms. The summed E-state index contributed by atoms with van der Waals surface area (Å²) in [5.74, 6) is -0.956. The molecule has 2 atom stereocenters. The Morgan fingerprint density at radius 2 is 1.94 bits per heavy atom. The second-order valence-corrected chi connectivity index (χ2v) is 4.74. The molecule has 1 fully saturated rings. The van der Waals surface area contributed by atoms with Crippen molar-refractivity contribution < 1.29 is 15.0 Å². The number of carbonyl (C=O) groups is 1. The van der Waals surface area contributed by atoms with Gasteiger partial charge in [-0.05, 0) is 25.8 Å². The molecule has 16 heavy (non-hydrogen) atoms. The largest absolute Gasteiger partial charge is 0.481 e. The summed E-state index contributed by atoms with van der Waals surface area (Å²) >= 11 is 0. The maximum absolute atomic E-state index is 11.4. The third-order valence-electron chi connectivity index (χ3n) is 3.44. The van der Waals surface area contributed by atoms with Crippen molar-refractivity contribution in [2.24, 2.45) is 5.92 Å². The Hall–Kier alpha value is -1.35. The molecule has 2 rings (SSSR count). The fourth-order valence-electron chi connectivity index (χ4n) is 2.52. The van der Waals surface area contributed by atoms with Crippen molar-refractivity contribution in [1.82, 2.24) is 0 Å². The van der Waals surface area contributed by atoms with Crippen molar-refractivity contribution >= 4 is 5.97 Å². The highest BCUT2D eigenvalue weighted by Crippen LogP contribution is 2.54. The highest BCUT2D eigenvalue weighted by Gasteiger charge is 2.61. The molecule has 3 nitrogen and oxygen atoms in total. The van der Waals surface area contributed by atoms with E-state index < -0.39 is 11.4 Å². The van der Waals surface area contributed by atoms with Gasteiger partial charge in [0.05, 0.1) is 5.41 Å². The van der Waals surface area contributed by atoms with E-state index in [4.69, 9.17) is 5.11 Å². The molecule has 1 aromatic carbocycles. The van der Waals surface area contributed by atoms with Gasteiger partial charge in [-0.25, -0.2) is 0 Å². The summed E-state index contributed by atoms with van der Waals surface area (Å²) in [7, 11) is 0. The van der Waals surface area contributed by atoms with Gasteiger partial charge < -0.3 is 10.2 Å². The zero-order chi connectivity index (χ0) is 11.9. The van der Waals surface area contributed by atoms with Crippen LogP contribution in [-0.2, 0) is 10.2 Å². The molecule has 1 aromatic rings. The molecule has 3 heteroatoms. The molecule has 2 unspecified atom stereocenters. The Kier molecular flexibility index (Phi) is 2.50. The van der Waals surface area contributed by atoms with Crippen LogP contribution in [0, 0.1) is 19.8 Å². The summed E-state index contributed by atoms with van der Waals surface area (Å²) in [5, 5.41) is 18.5. The van der Waals surface area contributed by atoms with E-state index in [9.17, 15) is 9.90 Å². The second kappa shape index (κ2) is 3.59. The van der Waals surface area contributed by atoms with Crippen LogP contribution >= 0.6 is 0 Å². The van der Waals surface area contributed by atoms with Gasteiger partial charge in [-0.3, -0.25) is 4.79 Å². The van der Waals surface area contributed by atoms with Crippen molar-refractivity contribution in [2.45, 2.75) is 25.7 Å². The molecule has 0 spiro atoms. The van der Waals surface area contributed by atoms with Gasteiger partial charge in [0.15, 0.2) is 0 Å². The maximum Gasteiger partial charge on any atom is 0.314 e. The Balaban J connectivity index is 2.46. The van der Waals surface area contributed by atoms with E-state index in [-0.39, 0.29) is 12.5 Å². The Morgan fingerprint density at radius 3 is 2.31 bits per heavy atom. The molecule has 0 saturated heterocycles. The second-order valence-electron chi connectivity index (χ2n) is 4.74. The van der Waals surface area contributed by atoms with Gasteiger partial charge >= 0.3 is 5.97 Å². The minimum absolute atomic E-state index is 0.0563. The van der Waals surface area contributed by atoms with E-state index >= 15 is 0 Å². The molecular formula is C13H16O3. The first-order valence-corrected chi connectivity index (χ1v) is 5.43. The molecule has 1 aliphatic carbocycles. The summed E-state index contributed by atoms with van der Waals surface area (Å²) < 4.78 is 0. The van der Waals surface area contributed by atoms with Crippen molar-refractivity contribution in [1.29, 1.82) is 0 Å². The number of hydrogen-bond donors (Lipinski definition) is 2. The minimum atomic E-state index is -0.842. The number of carboxylic acid groups (broad SMARTS) is 1. The molecule has 0 aliphatic heterocycles. The lowest BCUT2D eigenvalue weighted by atomic mass is 9.91. The number of benzene rings is 1. The summed E-state index contributed by atoms with van der Waals surface area (Å²) in [6.45, 7) is 3.87. The van der Waals surface area contributed by atoms with Crippen molar-refractivity contribution in [3.63, 3.8) is 0 Å². The van der Waals surface area contributed by atoms with Crippen LogP contribution < -0.4 is 0 Å². The van der Waals surface area contributed by atoms with Gasteiger partial charge in [-0.1, -0.05) is 29.3 Å². The van der Waals surface area contributed by atoms with Crippen LogP contribution in [0.4, 0.5) is 0 Å². The first kappa shape index (κ1) is 11.1. The number of aliphatic hydroxyl groups excluding tert-OH is 1. The number of aryl methyl sites for hydroxylation is 2. The van der Waals surface area contributed by atoms with E-state index in [0.717, 1.165) is 16.7 Å². The normalized spacial score (nSPS) is 27.8. The predicted molar refractivity (Wildman–Crippen MR) is 60.4 cm³/mol. The topological polar surface area (TPSA) is 57.5 Å². The van der Waals surface area contributed by atoms with Gasteiger partial charge in [-0.15, -0.1) is 0 Å². The SMILES string of the molecule is Cc1cc(C)cc(C2(C(=O)O)CC2CO)c1. The number of rotatable bonds is 3. The monoisotopic (exact) mass is 220 g/mol. The van der Waals surface area contributed by atoms with E-state index in [1.54, 1.807) is 0 Å². The molecule has 0 heterocycles. The minimum Gasteiger partial charge on any atom is -0.481 e. The zero-order valence-electron chi connectivity index (χ0n) is 9.53. The van der Waals surface area contributed by atoms with Crippen LogP contribution in [-0.4, -0.2) is 22.8 Å². The number of aliphatic carboxylic acids is 1. The summed E-state index contributed by atoms with van der Waals surface area (Å²) in [6, 6.07) is 5.85. The van der Waals surface area contributed by atoms with Gasteiger partial charge in [0.1, 0.15) is 0 Å². The fourth-order valence-corrected chi connectivity index (χ4v) is 2.52. The maximum atomic E-state index is 11.4. The first-order chi connectivity index (χ1) is 7.50. The molecule has 2 N–H and O–H groups in total. The molecule has 0 radical (unpaired) electrons. The lowest BCUT2D eigenvalue weighted by Crippen LogP contribution is -2.23. The molecular weight excluding hydrogens is 204 g/mol. The molecule has 86 valence electrons. The van der Waals surface area contributed by atoms with Crippen LogP contribution in [0.1, 0.15) is 23.1 Å². The van der Waals surface area contributed by atoms with Gasteiger partial charge in [0, 0.05) is 12.5 Å². The predicted octanol–water partition coefficient (Wildman–Crippen LogP) is 1.64. The zero-order valence-corrected chi connectivity index (χ0v) is 9.53. The Bertz CT molecular complexity index is 419. The van der Waals surface area contributed by atoms with Crippen LogP contribution in [0.15, 0.2) is 18.2 Å². The standard InChI is InChI=1S/C13H16O3/c1-8-3-9(2)5-10(4-8)13(12(15)16)6-11(13)7-14/h3-5,11,14H,6-7H2,1-2H3,(H,15,16). The van der Waals surface area contributed by atoms with E-state index in [1.165, 1.54) is 0 Å². The number of hydrogen-bond acceptors (Lipinski definition) is 2. The highest BCUT2D eigenvalue weighted by atomic mass is 16.4. The highest BCUT2D eigenvalue weighted by molar-refractivity contribution is 5.86. The van der Waals surface area contributed by atoms with Crippen LogP contribution in [0.3, 0.4) is 0 Å². The van der Waals surface area contributed by atoms with Gasteiger partial charge in [0.2, 0.25) is 0 Å². The van der Waals surface area contributed by atoms with Gasteiger partial charge in [0.25, 0.3) is 0 Å². The lowest BCUT2D eigenvalue weighted by molar-refractivity contribution is -0.140. The average Bonchev–Trinajstić information content (AvgIpc) is 2.91. The van der Waals surface area contributed by atoms with E-state index in [0.29, 0.717) is 6.42 Å². The molecule has 0 amide bonds. The van der Waals surface area contributed by atoms with Gasteiger partial charge in [-0.2, -0.15) is 0 Å². The fraction of sp³-hybridized carbons (Fsp3) is 0.462. The van der Waals surface area contributed by atoms with Crippen LogP contribution in [0.2, 0.25) is 0 Å². The summed E-state index contributed by atoms with van der Waals surface area (Å²) in [6.07, 6.45) is 0.543.